The molecule has 0 aliphatic heterocycles. The Morgan fingerprint density at radius 3 is 1.54 bits per heavy atom. The van der Waals surface area contributed by atoms with E-state index < -0.39 is 147 Å². The molecule has 9 aromatic rings. The lowest BCUT2D eigenvalue weighted by atomic mass is 9.85. The minimum Gasteiger partial charge on any atom is -0.0622 e. The largest absolute Gasteiger partial charge is 0.0636 e. The average Bonchev–Trinajstić information content (AvgIpc) is 3.28. The van der Waals surface area contributed by atoms with Gasteiger partial charge in [-0.1, -0.05) is 163 Å². The summed E-state index contributed by atoms with van der Waals surface area (Å²) in [5.74, 6) is 0. The van der Waals surface area contributed by atoms with E-state index in [1.165, 1.54) is 0 Å². The van der Waals surface area contributed by atoms with Crippen LogP contribution in [0.4, 0.5) is 0 Å². The molecule has 46 heavy (non-hydrogen) atoms. The Labute approximate surface area is 292 Å². The Kier molecular flexibility index (Phi) is 3.41. The van der Waals surface area contributed by atoms with Gasteiger partial charge in [0.2, 0.25) is 0 Å². The van der Waals surface area contributed by atoms with Crippen LogP contribution in [0.25, 0.3) is 87.6 Å². The van der Waals surface area contributed by atoms with Crippen LogP contribution in [-0.4, -0.2) is 0 Å². The first-order valence-corrected chi connectivity index (χ1v) is 14.6. The molecule has 0 amide bonds. The monoisotopic (exact) mass is 599 g/mol. The van der Waals surface area contributed by atoms with Gasteiger partial charge in [-0.2, -0.15) is 0 Å². The first-order chi connectivity index (χ1) is 29.9. The predicted molar refractivity (Wildman–Crippen MR) is 198 cm³/mol. The maximum Gasteiger partial charge on any atom is 0.0636 e. The highest BCUT2D eigenvalue weighted by molar-refractivity contribution is 6.21. The number of benzene rings is 9. The molecule has 0 aliphatic rings. The highest BCUT2D eigenvalue weighted by Crippen LogP contribution is 2.45. The standard InChI is InChI=1S/C46H30/c1-2-15-32(16-3-1)45-40-23-8-10-25-42(40)46(43-26-11-9-24-41(43)45)35-20-12-19-34(28-35)44-30-36(29-33-17-5-7-22-38(33)44)39-27-13-18-31-14-4-6-21-37(31)39/h1-30H/i1D,2D,3D,8D,9D,10D,11D,12D,15D,16D,19D,20D,23D,24D,25D,26D,28D. The molecule has 0 nitrogen and oxygen atoms in total. The number of fused-ring (bicyclic) bond motifs is 4. The third kappa shape index (κ3) is 4.30. The van der Waals surface area contributed by atoms with E-state index in [9.17, 15) is 11.0 Å². The van der Waals surface area contributed by atoms with Crippen LogP contribution in [-0.2, 0) is 0 Å². The zero-order chi connectivity index (χ0) is 45.2. The van der Waals surface area contributed by atoms with Gasteiger partial charge in [-0.25, -0.2) is 0 Å². The summed E-state index contributed by atoms with van der Waals surface area (Å²) >= 11 is 0. The molecule has 0 spiro atoms. The highest BCUT2D eigenvalue weighted by Gasteiger charge is 2.17. The van der Waals surface area contributed by atoms with Crippen molar-refractivity contribution in [3.05, 3.63) is 182 Å². The van der Waals surface area contributed by atoms with Crippen molar-refractivity contribution in [2.45, 2.75) is 0 Å². The summed E-state index contributed by atoms with van der Waals surface area (Å²) in [6.07, 6.45) is 0. The van der Waals surface area contributed by atoms with E-state index in [-0.39, 0.29) is 5.56 Å². The van der Waals surface area contributed by atoms with Gasteiger partial charge in [0.05, 0.1) is 23.3 Å². The van der Waals surface area contributed by atoms with Gasteiger partial charge < -0.3 is 0 Å². The molecule has 9 rings (SSSR count). The maximum absolute atomic E-state index is 10.0. The van der Waals surface area contributed by atoms with Crippen LogP contribution < -0.4 is 0 Å². The minimum atomic E-state index is -0.815. The summed E-state index contributed by atoms with van der Waals surface area (Å²) in [7, 11) is 0. The zero-order valence-corrected chi connectivity index (χ0v) is 24.0. The molecule has 0 radical (unpaired) electrons. The summed E-state index contributed by atoms with van der Waals surface area (Å²) in [5.41, 5.74) is -0.336. The molecule has 0 N–H and O–H groups in total. The van der Waals surface area contributed by atoms with Gasteiger partial charge in [0, 0.05) is 0 Å². The van der Waals surface area contributed by atoms with Crippen molar-refractivity contribution in [2.75, 3.05) is 0 Å². The van der Waals surface area contributed by atoms with E-state index >= 15 is 0 Å². The Morgan fingerprint density at radius 2 is 0.848 bits per heavy atom. The van der Waals surface area contributed by atoms with E-state index in [4.69, 9.17) is 12.3 Å². The smallest absolute Gasteiger partial charge is 0.0622 e. The van der Waals surface area contributed by atoms with Crippen molar-refractivity contribution >= 4 is 43.1 Å². The predicted octanol–water partition coefficient (Wildman–Crippen LogP) is 13.0. The number of rotatable bonds is 4. The molecule has 0 unspecified atom stereocenters. The van der Waals surface area contributed by atoms with E-state index in [1.807, 2.05) is 60.7 Å². The summed E-state index contributed by atoms with van der Waals surface area (Å²) in [6.45, 7) is 0. The second-order valence-corrected chi connectivity index (χ2v) is 10.8. The fraction of sp³-hybridized carbons (Fsp3) is 0. The van der Waals surface area contributed by atoms with Crippen LogP contribution >= 0.6 is 0 Å². The first kappa shape index (κ1) is 14.4. The lowest BCUT2D eigenvalue weighted by Crippen LogP contribution is -1.91. The van der Waals surface area contributed by atoms with E-state index in [0.29, 0.717) is 21.9 Å². The van der Waals surface area contributed by atoms with Crippen molar-refractivity contribution < 1.29 is 23.3 Å². The van der Waals surface area contributed by atoms with Crippen molar-refractivity contribution in [2.24, 2.45) is 0 Å². The van der Waals surface area contributed by atoms with Crippen molar-refractivity contribution in [3.8, 4) is 44.5 Å². The molecule has 0 heteroatoms. The molecule has 0 saturated carbocycles. The topological polar surface area (TPSA) is 0 Å². The van der Waals surface area contributed by atoms with Crippen LogP contribution in [0, 0.1) is 0 Å². The van der Waals surface area contributed by atoms with Gasteiger partial charge in [-0.05, 0) is 106 Å². The van der Waals surface area contributed by atoms with E-state index in [2.05, 4.69) is 0 Å². The zero-order valence-electron chi connectivity index (χ0n) is 41.0. The third-order valence-electron chi connectivity index (χ3n) is 8.23. The molecule has 0 aliphatic carbocycles. The van der Waals surface area contributed by atoms with E-state index in [1.54, 1.807) is 18.2 Å². The van der Waals surface area contributed by atoms with Gasteiger partial charge in [0.15, 0.2) is 0 Å². The normalized spacial score (nSPS) is 16.7. The van der Waals surface area contributed by atoms with E-state index in [0.717, 1.165) is 16.3 Å². The molecule has 0 heterocycles. The van der Waals surface area contributed by atoms with Crippen LogP contribution in [0.2, 0.25) is 0 Å². The summed E-state index contributed by atoms with van der Waals surface area (Å²) in [6, 6.07) is 11.6. The van der Waals surface area contributed by atoms with Crippen LogP contribution in [0.1, 0.15) is 23.3 Å². The van der Waals surface area contributed by atoms with Gasteiger partial charge in [0.1, 0.15) is 0 Å². The molecule has 0 bridgehead atoms. The molecule has 9 aromatic carbocycles. The van der Waals surface area contributed by atoms with Crippen LogP contribution in [0.15, 0.2) is 182 Å². The Morgan fingerprint density at radius 1 is 0.326 bits per heavy atom. The fourth-order valence-electron chi connectivity index (χ4n) is 6.25. The van der Waals surface area contributed by atoms with Gasteiger partial charge in [-0.15, -0.1) is 0 Å². The van der Waals surface area contributed by atoms with Gasteiger partial charge in [0.25, 0.3) is 0 Å². The molecule has 0 fully saturated rings. The van der Waals surface area contributed by atoms with Crippen molar-refractivity contribution in [3.63, 3.8) is 0 Å². The quantitative estimate of drug-likeness (QED) is 0.177. The molecule has 0 saturated heterocycles. The average molecular weight is 600 g/mol. The van der Waals surface area contributed by atoms with Crippen LogP contribution in [0.3, 0.4) is 0 Å². The molecule has 0 atom stereocenters. The Balaban J connectivity index is 1.54. The first-order valence-electron chi connectivity index (χ1n) is 23.1. The van der Waals surface area contributed by atoms with Gasteiger partial charge in [-0.3, -0.25) is 0 Å². The molecular weight excluding hydrogens is 553 g/mol. The lowest BCUT2D eigenvalue weighted by molar-refractivity contribution is 1.62. The SMILES string of the molecule is [2H]c1c([2H])c([2H])c(-c2c3c([2H])c([2H])c([2H])c([2H])c3c(-c3c([2H])c([2H])c([2H])c(-c4cc(-c5cccc6ccccc56)cc5ccccc45)c3[2H])c3c([2H])c([2H])c([2H])c([2H])c23)c([2H])c1[2H]. The van der Waals surface area contributed by atoms with Crippen molar-refractivity contribution in [1.29, 1.82) is 0 Å². The Bertz CT molecular complexity index is 3430. The number of hydrogen-bond donors (Lipinski definition) is 0. The summed E-state index contributed by atoms with van der Waals surface area (Å²) in [4.78, 5) is 0. The number of hydrogen-bond acceptors (Lipinski definition) is 0. The van der Waals surface area contributed by atoms with Crippen molar-refractivity contribution in [1.82, 2.24) is 0 Å². The Hall–Kier alpha value is -5.98. The maximum atomic E-state index is 10.0. The fourth-order valence-corrected chi connectivity index (χ4v) is 6.25. The highest BCUT2D eigenvalue weighted by atomic mass is 14.2. The third-order valence-corrected chi connectivity index (χ3v) is 8.23. The molecule has 0 aromatic heterocycles. The van der Waals surface area contributed by atoms with Crippen LogP contribution in [0.5, 0.6) is 0 Å². The summed E-state index contributed by atoms with van der Waals surface area (Å²) < 4.78 is 154. The molecule has 214 valence electrons. The second-order valence-electron chi connectivity index (χ2n) is 10.8. The molecular formula is C46H30. The second kappa shape index (κ2) is 10.9. The summed E-state index contributed by atoms with van der Waals surface area (Å²) in [5, 5.41) is 1.18. The minimum absolute atomic E-state index is 0.137. The lowest BCUT2D eigenvalue weighted by Gasteiger charge is -2.18. The van der Waals surface area contributed by atoms with Gasteiger partial charge >= 0.3 is 0 Å².